The van der Waals surface area contributed by atoms with Crippen molar-refractivity contribution >= 4 is 29.1 Å². The highest BCUT2D eigenvalue weighted by molar-refractivity contribution is 6.30. The highest BCUT2D eigenvalue weighted by atomic mass is 35.5. The Morgan fingerprint density at radius 2 is 2.00 bits per heavy atom. The molecule has 0 atom stereocenters. The number of nitrogens with one attached hydrogen (secondary N) is 2. The van der Waals surface area contributed by atoms with Crippen molar-refractivity contribution in [3.8, 4) is 5.75 Å². The first-order valence-corrected chi connectivity index (χ1v) is 9.21. The van der Waals surface area contributed by atoms with Crippen LogP contribution in [0.2, 0.25) is 5.02 Å². The summed E-state index contributed by atoms with van der Waals surface area (Å²) < 4.78 is 5.33. The standard InChI is InChI=1S/C21H21ClN4O2/c1-14-13-16(22)7-8-17(14)25-21-24-12-10-18(26-21)20(27)23-11-9-15-5-3-4-6-19(15)28-2/h3-8,10,12-13H,9,11H2,1-2H3,(H,23,27)(H,24,25,26). The van der Waals surface area contributed by atoms with Gasteiger partial charge in [-0.25, -0.2) is 9.97 Å². The van der Waals surface area contributed by atoms with Crippen molar-refractivity contribution in [3.05, 3.63) is 76.6 Å². The van der Waals surface area contributed by atoms with Crippen LogP contribution in [0.1, 0.15) is 21.6 Å². The zero-order chi connectivity index (χ0) is 19.9. The van der Waals surface area contributed by atoms with Crippen molar-refractivity contribution in [1.29, 1.82) is 0 Å². The normalized spacial score (nSPS) is 10.4. The molecule has 2 aromatic carbocycles. The fourth-order valence-electron chi connectivity index (χ4n) is 2.74. The molecule has 6 nitrogen and oxygen atoms in total. The van der Waals surface area contributed by atoms with Crippen LogP contribution in [0.3, 0.4) is 0 Å². The van der Waals surface area contributed by atoms with E-state index in [0.717, 1.165) is 22.6 Å². The maximum Gasteiger partial charge on any atom is 0.270 e. The highest BCUT2D eigenvalue weighted by Gasteiger charge is 2.10. The Bertz CT molecular complexity index is 978. The lowest BCUT2D eigenvalue weighted by Gasteiger charge is -2.10. The van der Waals surface area contributed by atoms with Crippen LogP contribution in [0, 0.1) is 6.92 Å². The predicted octanol–water partition coefficient (Wildman–Crippen LogP) is 4.16. The van der Waals surface area contributed by atoms with Crippen molar-refractivity contribution in [3.63, 3.8) is 0 Å². The number of aromatic nitrogens is 2. The molecule has 1 aromatic heterocycles. The summed E-state index contributed by atoms with van der Waals surface area (Å²) in [6.45, 7) is 2.41. The lowest BCUT2D eigenvalue weighted by atomic mass is 10.1. The Labute approximate surface area is 168 Å². The van der Waals surface area contributed by atoms with Crippen LogP contribution in [0.4, 0.5) is 11.6 Å². The third kappa shape index (κ3) is 4.98. The fourth-order valence-corrected chi connectivity index (χ4v) is 2.97. The fraction of sp³-hybridized carbons (Fsp3) is 0.190. The van der Waals surface area contributed by atoms with Gasteiger partial charge in [0.1, 0.15) is 11.4 Å². The first kappa shape index (κ1) is 19.6. The molecule has 3 rings (SSSR count). The Kier molecular flexibility index (Phi) is 6.45. The lowest BCUT2D eigenvalue weighted by molar-refractivity contribution is 0.0949. The van der Waals surface area contributed by atoms with Crippen LogP contribution in [0.25, 0.3) is 0 Å². The van der Waals surface area contributed by atoms with E-state index in [-0.39, 0.29) is 5.91 Å². The van der Waals surface area contributed by atoms with Gasteiger partial charge in [0.2, 0.25) is 5.95 Å². The van der Waals surface area contributed by atoms with Crippen molar-refractivity contribution < 1.29 is 9.53 Å². The lowest BCUT2D eigenvalue weighted by Crippen LogP contribution is -2.26. The zero-order valence-corrected chi connectivity index (χ0v) is 16.5. The number of ether oxygens (including phenoxy) is 1. The van der Waals surface area contributed by atoms with Crippen molar-refractivity contribution in [2.75, 3.05) is 19.0 Å². The summed E-state index contributed by atoms with van der Waals surface area (Å²) in [6.07, 6.45) is 2.21. The third-order valence-corrected chi connectivity index (χ3v) is 4.43. The van der Waals surface area contributed by atoms with E-state index in [9.17, 15) is 4.79 Å². The van der Waals surface area contributed by atoms with Crippen molar-refractivity contribution in [1.82, 2.24) is 15.3 Å². The van der Waals surface area contributed by atoms with Gasteiger partial charge in [0.15, 0.2) is 0 Å². The third-order valence-electron chi connectivity index (χ3n) is 4.20. The van der Waals surface area contributed by atoms with Gasteiger partial charge in [-0.15, -0.1) is 0 Å². The second kappa shape index (κ2) is 9.19. The SMILES string of the molecule is COc1ccccc1CCNC(=O)c1ccnc(Nc2ccc(Cl)cc2C)n1. The summed E-state index contributed by atoms with van der Waals surface area (Å²) >= 11 is 5.98. The van der Waals surface area contributed by atoms with Gasteiger partial charge in [-0.05, 0) is 54.8 Å². The summed E-state index contributed by atoms with van der Waals surface area (Å²) in [6, 6.07) is 14.8. The Balaban J connectivity index is 1.62. The van der Waals surface area contributed by atoms with Gasteiger partial charge in [-0.3, -0.25) is 4.79 Å². The summed E-state index contributed by atoms with van der Waals surface area (Å²) in [5.41, 5.74) is 3.12. The number of para-hydroxylation sites is 1. The molecule has 0 aliphatic rings. The first-order chi connectivity index (χ1) is 13.6. The molecular weight excluding hydrogens is 376 g/mol. The molecule has 0 unspecified atom stereocenters. The number of carbonyl (C=O) groups is 1. The molecule has 144 valence electrons. The molecule has 0 spiro atoms. The molecule has 1 amide bonds. The second-order valence-electron chi connectivity index (χ2n) is 6.17. The maximum absolute atomic E-state index is 12.4. The van der Waals surface area contributed by atoms with E-state index in [1.54, 1.807) is 25.4 Å². The smallest absolute Gasteiger partial charge is 0.270 e. The number of anilines is 2. The molecule has 0 saturated heterocycles. The maximum atomic E-state index is 12.4. The van der Waals surface area contributed by atoms with Gasteiger partial charge in [-0.2, -0.15) is 0 Å². The van der Waals surface area contributed by atoms with Crippen molar-refractivity contribution in [2.45, 2.75) is 13.3 Å². The number of carbonyl (C=O) groups excluding carboxylic acids is 1. The van der Waals surface area contributed by atoms with Gasteiger partial charge >= 0.3 is 0 Å². The molecule has 0 aliphatic carbocycles. The average molecular weight is 397 g/mol. The number of hydrogen-bond acceptors (Lipinski definition) is 5. The molecule has 0 bridgehead atoms. The molecular formula is C21H21ClN4O2. The topological polar surface area (TPSA) is 76.1 Å². The average Bonchev–Trinajstić information content (AvgIpc) is 2.70. The predicted molar refractivity (Wildman–Crippen MR) is 111 cm³/mol. The van der Waals surface area contributed by atoms with Gasteiger partial charge < -0.3 is 15.4 Å². The summed E-state index contributed by atoms with van der Waals surface area (Å²) in [5, 5.41) is 6.65. The first-order valence-electron chi connectivity index (χ1n) is 8.83. The molecule has 0 saturated carbocycles. The van der Waals surface area contributed by atoms with Gasteiger partial charge in [0, 0.05) is 23.5 Å². The van der Waals surface area contributed by atoms with Crippen LogP contribution in [0.15, 0.2) is 54.7 Å². The van der Waals surface area contributed by atoms with Gasteiger partial charge in [0.05, 0.1) is 7.11 Å². The number of rotatable bonds is 7. The monoisotopic (exact) mass is 396 g/mol. The van der Waals surface area contributed by atoms with Crippen LogP contribution < -0.4 is 15.4 Å². The van der Waals surface area contributed by atoms with Gasteiger partial charge in [0.25, 0.3) is 5.91 Å². The van der Waals surface area contributed by atoms with Crippen LogP contribution >= 0.6 is 11.6 Å². The number of nitrogens with zero attached hydrogens (tertiary/aromatic N) is 2. The van der Waals surface area contributed by atoms with Crippen molar-refractivity contribution in [2.24, 2.45) is 0 Å². The molecule has 7 heteroatoms. The number of hydrogen-bond donors (Lipinski definition) is 2. The molecule has 0 aliphatic heterocycles. The Hall–Kier alpha value is -3.12. The van der Waals surface area contributed by atoms with E-state index < -0.39 is 0 Å². The van der Waals surface area contributed by atoms with E-state index in [4.69, 9.17) is 16.3 Å². The molecule has 0 fully saturated rings. The van der Waals surface area contributed by atoms with Crippen LogP contribution in [0.5, 0.6) is 5.75 Å². The number of aryl methyl sites for hydroxylation is 1. The quantitative estimate of drug-likeness (QED) is 0.627. The number of methoxy groups -OCH3 is 1. The van der Waals surface area contributed by atoms with E-state index in [1.807, 2.05) is 43.3 Å². The van der Waals surface area contributed by atoms with Gasteiger partial charge in [-0.1, -0.05) is 29.8 Å². The summed E-state index contributed by atoms with van der Waals surface area (Å²) in [4.78, 5) is 20.9. The number of halogens is 1. The molecule has 1 heterocycles. The molecule has 0 radical (unpaired) electrons. The Morgan fingerprint density at radius 1 is 1.18 bits per heavy atom. The zero-order valence-electron chi connectivity index (χ0n) is 15.7. The molecule has 2 N–H and O–H groups in total. The van der Waals surface area contributed by atoms with E-state index in [1.165, 1.54) is 0 Å². The minimum absolute atomic E-state index is 0.256. The Morgan fingerprint density at radius 3 is 2.79 bits per heavy atom. The highest BCUT2D eigenvalue weighted by Crippen LogP contribution is 2.22. The van der Waals surface area contributed by atoms with E-state index in [0.29, 0.717) is 29.6 Å². The number of amides is 1. The van der Waals surface area contributed by atoms with Crippen LogP contribution in [-0.2, 0) is 6.42 Å². The largest absolute Gasteiger partial charge is 0.496 e. The van der Waals surface area contributed by atoms with E-state index >= 15 is 0 Å². The molecule has 3 aromatic rings. The van der Waals surface area contributed by atoms with E-state index in [2.05, 4.69) is 20.6 Å². The minimum atomic E-state index is -0.256. The second-order valence-corrected chi connectivity index (χ2v) is 6.60. The minimum Gasteiger partial charge on any atom is -0.496 e. The summed E-state index contributed by atoms with van der Waals surface area (Å²) in [7, 11) is 1.63. The summed E-state index contributed by atoms with van der Waals surface area (Å²) in [5.74, 6) is 0.902. The number of benzene rings is 2. The van der Waals surface area contributed by atoms with Crippen LogP contribution in [-0.4, -0.2) is 29.5 Å². The molecule has 28 heavy (non-hydrogen) atoms.